The van der Waals surface area contributed by atoms with Crippen LogP contribution in [0.15, 0.2) is 49.8 Å². The minimum absolute atomic E-state index is 0.0325. The smallest absolute Gasteiger partial charge is 0.286 e. The second-order valence-corrected chi connectivity index (χ2v) is 10.6. The molecule has 162 valence electrons. The highest BCUT2D eigenvalue weighted by Crippen LogP contribution is 2.34. The van der Waals surface area contributed by atoms with Crippen molar-refractivity contribution in [2.75, 3.05) is 10.7 Å². The normalized spacial score (nSPS) is 22.4. The number of hydrogen-bond donors (Lipinski definition) is 3. The van der Waals surface area contributed by atoms with Crippen LogP contribution in [-0.2, 0) is 10.0 Å². The van der Waals surface area contributed by atoms with Gasteiger partial charge in [0.1, 0.15) is 10.5 Å². The Hall–Kier alpha value is -2.85. The number of aromatic nitrogens is 1. The van der Waals surface area contributed by atoms with Gasteiger partial charge < -0.3 is 15.8 Å². The molecule has 8 nitrogen and oxygen atoms in total. The molecule has 2 aliphatic rings. The van der Waals surface area contributed by atoms with Crippen molar-refractivity contribution >= 4 is 43.1 Å². The quantitative estimate of drug-likeness (QED) is 0.554. The van der Waals surface area contributed by atoms with Crippen LogP contribution in [0.1, 0.15) is 38.2 Å². The van der Waals surface area contributed by atoms with Gasteiger partial charge in [-0.25, -0.2) is 4.68 Å². The number of anilines is 1. The number of hydrogen-bond acceptors (Lipinski definition) is 7. The summed E-state index contributed by atoms with van der Waals surface area (Å²) in [5.41, 5.74) is 3.50. The molecule has 1 saturated carbocycles. The van der Waals surface area contributed by atoms with Gasteiger partial charge in [0, 0.05) is 6.04 Å². The lowest BCUT2D eigenvalue weighted by Gasteiger charge is -2.29. The average Bonchev–Trinajstić information content (AvgIpc) is 3.21. The standard InChI is InChI=1S/C21H22N4O4S2/c1-12-5-4-6-13(11-12)23-25-15-9-10-30-19(15)18(26)17(21(25)27)20-22-14-7-2-3-8-16(14)31(28,29)24-20/h2-3,7-10,12-13,23,26H,4-6,11H2,1H3,(H,22,24). The lowest BCUT2D eigenvalue weighted by atomic mass is 9.87. The van der Waals surface area contributed by atoms with Crippen LogP contribution >= 0.6 is 11.3 Å². The van der Waals surface area contributed by atoms with Crippen LogP contribution in [0.2, 0.25) is 0 Å². The Morgan fingerprint density at radius 3 is 2.87 bits per heavy atom. The van der Waals surface area contributed by atoms with Gasteiger partial charge in [-0.05, 0) is 42.3 Å². The van der Waals surface area contributed by atoms with E-state index < -0.39 is 15.6 Å². The summed E-state index contributed by atoms with van der Waals surface area (Å²) in [6, 6.07) is 8.23. The van der Waals surface area contributed by atoms with E-state index in [0.717, 1.165) is 19.3 Å². The lowest BCUT2D eigenvalue weighted by Crippen LogP contribution is -2.41. The van der Waals surface area contributed by atoms with Crippen molar-refractivity contribution in [3.8, 4) is 5.75 Å². The third kappa shape index (κ3) is 3.39. The van der Waals surface area contributed by atoms with Gasteiger partial charge in [0.05, 0.1) is 15.9 Å². The van der Waals surface area contributed by atoms with E-state index in [1.54, 1.807) is 29.6 Å². The highest BCUT2D eigenvalue weighted by atomic mass is 32.2. The molecule has 2 atom stereocenters. The largest absolute Gasteiger partial charge is 0.505 e. The molecule has 0 bridgehead atoms. The molecule has 1 fully saturated rings. The summed E-state index contributed by atoms with van der Waals surface area (Å²) in [6.07, 6.45) is 4.13. The van der Waals surface area contributed by atoms with Gasteiger partial charge in [0.15, 0.2) is 11.6 Å². The zero-order valence-electron chi connectivity index (χ0n) is 16.8. The Labute approximate surface area is 183 Å². The topological polar surface area (TPSA) is 113 Å². The zero-order valence-corrected chi connectivity index (χ0v) is 18.5. The van der Waals surface area contributed by atoms with Crippen molar-refractivity contribution in [2.45, 2.75) is 43.5 Å². The van der Waals surface area contributed by atoms with Gasteiger partial charge in [-0.15, -0.1) is 15.7 Å². The number of amidine groups is 1. The Bertz CT molecular complexity index is 1370. The van der Waals surface area contributed by atoms with Crippen LogP contribution in [0.25, 0.3) is 10.2 Å². The van der Waals surface area contributed by atoms with Crippen LogP contribution < -0.4 is 16.3 Å². The second kappa shape index (κ2) is 7.38. The number of thiophene rings is 1. The predicted molar refractivity (Wildman–Crippen MR) is 122 cm³/mol. The summed E-state index contributed by atoms with van der Waals surface area (Å²) in [4.78, 5) is 13.5. The third-order valence-electron chi connectivity index (χ3n) is 5.87. The molecule has 31 heavy (non-hydrogen) atoms. The third-order valence-corrected chi connectivity index (χ3v) is 8.11. The maximum atomic E-state index is 13.5. The Kier molecular flexibility index (Phi) is 4.78. The molecule has 0 radical (unpaired) electrons. The number of benzene rings is 1. The number of fused-ring (bicyclic) bond motifs is 2. The predicted octanol–water partition coefficient (Wildman–Crippen LogP) is 3.45. The number of nitrogens with one attached hydrogen (secondary N) is 2. The Morgan fingerprint density at radius 2 is 2.06 bits per heavy atom. The molecular formula is C21H22N4O4S2. The minimum Gasteiger partial charge on any atom is -0.505 e. The monoisotopic (exact) mass is 458 g/mol. The maximum Gasteiger partial charge on any atom is 0.286 e. The molecule has 0 saturated heterocycles. The van der Waals surface area contributed by atoms with Gasteiger partial charge >= 0.3 is 0 Å². The molecule has 0 amide bonds. The first-order chi connectivity index (χ1) is 14.8. The van der Waals surface area contributed by atoms with Crippen molar-refractivity contribution in [3.63, 3.8) is 0 Å². The van der Waals surface area contributed by atoms with Gasteiger partial charge in [-0.2, -0.15) is 8.42 Å². The minimum atomic E-state index is -4.01. The van der Waals surface area contributed by atoms with Crippen molar-refractivity contribution in [1.82, 2.24) is 4.68 Å². The summed E-state index contributed by atoms with van der Waals surface area (Å²) >= 11 is 1.28. The fourth-order valence-corrected chi connectivity index (χ4v) is 6.34. The molecule has 1 aromatic carbocycles. The first-order valence-electron chi connectivity index (χ1n) is 10.2. The highest BCUT2D eigenvalue weighted by Gasteiger charge is 2.30. The van der Waals surface area contributed by atoms with Gasteiger partial charge in [0.2, 0.25) is 0 Å². The lowest BCUT2D eigenvalue weighted by molar-refractivity contribution is 0.345. The van der Waals surface area contributed by atoms with E-state index in [2.05, 4.69) is 22.1 Å². The fourth-order valence-electron chi connectivity index (χ4n) is 4.39. The molecule has 2 unspecified atom stereocenters. The van der Waals surface area contributed by atoms with Crippen LogP contribution in [0.4, 0.5) is 5.69 Å². The number of para-hydroxylation sites is 1. The first kappa shape index (κ1) is 20.1. The molecule has 1 aliphatic heterocycles. The van der Waals surface area contributed by atoms with Crippen molar-refractivity contribution in [2.24, 2.45) is 10.3 Å². The number of pyridine rings is 1. The molecule has 10 heteroatoms. The number of aromatic hydroxyl groups is 1. The summed E-state index contributed by atoms with van der Waals surface area (Å²) in [7, 11) is -4.01. The molecule has 0 spiro atoms. The fraction of sp³-hybridized carbons (Fsp3) is 0.333. The zero-order chi connectivity index (χ0) is 21.8. The summed E-state index contributed by atoms with van der Waals surface area (Å²) in [5, 5.41) is 15.6. The summed E-state index contributed by atoms with van der Waals surface area (Å²) in [6.45, 7) is 2.20. The highest BCUT2D eigenvalue weighted by molar-refractivity contribution is 7.90. The summed E-state index contributed by atoms with van der Waals surface area (Å²) < 4.78 is 31.1. The average molecular weight is 459 g/mol. The van der Waals surface area contributed by atoms with E-state index in [4.69, 9.17) is 0 Å². The van der Waals surface area contributed by atoms with E-state index >= 15 is 0 Å². The summed E-state index contributed by atoms with van der Waals surface area (Å²) in [5.74, 6) is 0.109. The first-order valence-corrected chi connectivity index (χ1v) is 12.5. The molecule has 2 aromatic heterocycles. The molecule has 3 aromatic rings. The molecule has 3 N–H and O–H groups in total. The van der Waals surface area contributed by atoms with Gasteiger partial charge in [0.25, 0.3) is 15.6 Å². The van der Waals surface area contributed by atoms with Gasteiger partial charge in [-0.3, -0.25) is 4.79 Å². The molecule has 3 heterocycles. The van der Waals surface area contributed by atoms with E-state index in [1.165, 1.54) is 28.5 Å². The molecule has 5 rings (SSSR count). The van der Waals surface area contributed by atoms with E-state index in [-0.39, 0.29) is 28.1 Å². The second-order valence-electron chi connectivity index (χ2n) is 8.13. The Balaban J connectivity index is 1.67. The van der Waals surface area contributed by atoms with E-state index in [1.807, 2.05) is 0 Å². The number of sulfonamides is 1. The molecule has 1 aliphatic carbocycles. The van der Waals surface area contributed by atoms with E-state index in [0.29, 0.717) is 21.8 Å². The van der Waals surface area contributed by atoms with E-state index in [9.17, 15) is 18.3 Å². The van der Waals surface area contributed by atoms with Gasteiger partial charge in [-0.1, -0.05) is 31.9 Å². The van der Waals surface area contributed by atoms with Crippen LogP contribution in [-0.4, -0.2) is 30.1 Å². The van der Waals surface area contributed by atoms with Crippen LogP contribution in [0.5, 0.6) is 5.75 Å². The van der Waals surface area contributed by atoms with Crippen molar-refractivity contribution < 1.29 is 13.5 Å². The van der Waals surface area contributed by atoms with Crippen LogP contribution in [0.3, 0.4) is 0 Å². The Morgan fingerprint density at radius 1 is 1.26 bits per heavy atom. The van der Waals surface area contributed by atoms with Crippen LogP contribution in [0, 0.1) is 5.92 Å². The SMILES string of the molecule is CC1CCCC(Nn2c(=O)c(C3=NS(=O)(=O)c4ccccc4N3)c(O)c3sccc32)C1. The maximum absolute atomic E-state index is 13.5. The number of rotatable bonds is 3. The van der Waals surface area contributed by atoms with Crippen molar-refractivity contribution in [3.05, 3.63) is 51.6 Å². The molecular weight excluding hydrogens is 436 g/mol. The number of nitrogens with zero attached hydrogens (tertiary/aromatic N) is 2. The van der Waals surface area contributed by atoms with Crippen molar-refractivity contribution in [1.29, 1.82) is 0 Å².